The summed E-state index contributed by atoms with van der Waals surface area (Å²) >= 11 is 5.83. The van der Waals surface area contributed by atoms with Gasteiger partial charge in [-0.2, -0.15) is 0 Å². The van der Waals surface area contributed by atoms with Crippen LogP contribution in [0.5, 0.6) is 5.75 Å². The number of amides is 1. The van der Waals surface area contributed by atoms with Crippen LogP contribution in [0.3, 0.4) is 0 Å². The molecule has 1 aliphatic heterocycles. The van der Waals surface area contributed by atoms with Gasteiger partial charge in [0.25, 0.3) is 5.91 Å². The van der Waals surface area contributed by atoms with Gasteiger partial charge in [-0.3, -0.25) is 4.79 Å². The number of nitrogens with one attached hydrogen (secondary N) is 1. The fourth-order valence-electron chi connectivity index (χ4n) is 1.17. The third kappa shape index (κ3) is 1.39. The maximum Gasteiger partial charge on any atom is 0.266 e. The van der Waals surface area contributed by atoms with Gasteiger partial charge in [-0.05, 0) is 13.8 Å². The normalized spacial score (nSPS) is 19.6. The van der Waals surface area contributed by atoms with Gasteiger partial charge in [0.15, 0.2) is 17.1 Å². The Morgan fingerprint density at radius 3 is 2.93 bits per heavy atom. The number of rotatable bonds is 0. The minimum absolute atomic E-state index is 0.222. The van der Waals surface area contributed by atoms with Crippen molar-refractivity contribution >= 4 is 23.3 Å². The number of hydrogen-bond acceptors (Lipinski definition) is 4. The molecule has 0 bridgehead atoms. The molecule has 74 valence electrons. The van der Waals surface area contributed by atoms with Crippen LogP contribution in [0.25, 0.3) is 0 Å². The first-order valence-electron chi connectivity index (χ1n) is 4.09. The Hall–Kier alpha value is -1.36. The quantitative estimate of drug-likeness (QED) is 0.657. The number of anilines is 1. The molecule has 0 radical (unpaired) electrons. The van der Waals surface area contributed by atoms with Crippen molar-refractivity contribution in [3.63, 3.8) is 0 Å². The summed E-state index contributed by atoms with van der Waals surface area (Å²) in [6.45, 7) is 3.32. The van der Waals surface area contributed by atoms with Gasteiger partial charge in [0, 0.05) is 0 Å². The molecule has 0 saturated carbocycles. The molecule has 6 heteroatoms. The molecule has 1 aromatic heterocycles. The molecule has 1 aromatic rings. The van der Waals surface area contributed by atoms with E-state index >= 15 is 0 Å². The number of aryl methyl sites for hydroxylation is 1. The SMILES string of the molecule is Cc1nc(Cl)c2c(n1)NC(=O)[C@@H](C)O2. The molecular weight excluding hydrogens is 206 g/mol. The molecule has 5 nitrogen and oxygen atoms in total. The molecule has 0 aromatic carbocycles. The Labute approximate surface area is 85.5 Å². The number of fused-ring (bicyclic) bond motifs is 1. The molecule has 1 amide bonds. The van der Waals surface area contributed by atoms with Crippen LogP contribution < -0.4 is 10.1 Å². The summed E-state index contributed by atoms with van der Waals surface area (Å²) in [6, 6.07) is 0. The topological polar surface area (TPSA) is 64.1 Å². The lowest BCUT2D eigenvalue weighted by Crippen LogP contribution is -2.35. The van der Waals surface area contributed by atoms with Crippen molar-refractivity contribution in [2.24, 2.45) is 0 Å². The van der Waals surface area contributed by atoms with E-state index < -0.39 is 6.10 Å². The van der Waals surface area contributed by atoms with E-state index in [9.17, 15) is 4.79 Å². The highest BCUT2D eigenvalue weighted by Gasteiger charge is 2.27. The maximum absolute atomic E-state index is 11.2. The van der Waals surface area contributed by atoms with Gasteiger partial charge in [-0.25, -0.2) is 9.97 Å². The Kier molecular flexibility index (Phi) is 2.03. The zero-order chi connectivity index (χ0) is 10.3. The van der Waals surface area contributed by atoms with Crippen LogP contribution in [0.4, 0.5) is 5.82 Å². The number of carbonyl (C=O) groups excluding carboxylic acids is 1. The first kappa shape index (κ1) is 9.21. The van der Waals surface area contributed by atoms with E-state index in [0.717, 1.165) is 0 Å². The van der Waals surface area contributed by atoms with Crippen LogP contribution in [-0.2, 0) is 4.79 Å². The molecular formula is C8H8ClN3O2. The first-order chi connectivity index (χ1) is 6.58. The zero-order valence-electron chi connectivity index (χ0n) is 7.67. The monoisotopic (exact) mass is 213 g/mol. The second-order valence-electron chi connectivity index (χ2n) is 2.99. The summed E-state index contributed by atoms with van der Waals surface area (Å²) in [5, 5.41) is 2.81. The first-order valence-corrected chi connectivity index (χ1v) is 4.47. The van der Waals surface area contributed by atoms with E-state index in [4.69, 9.17) is 16.3 Å². The highest BCUT2D eigenvalue weighted by Crippen LogP contribution is 2.33. The predicted molar refractivity (Wildman–Crippen MR) is 50.5 cm³/mol. The maximum atomic E-state index is 11.2. The standard InChI is InChI=1S/C8H8ClN3O2/c1-3-8(13)12-7-5(14-3)6(9)10-4(2)11-7/h3H,1-2H3,(H,10,11,12,13)/t3-/m1/s1. The van der Waals surface area contributed by atoms with Crippen molar-refractivity contribution in [2.45, 2.75) is 20.0 Å². The Morgan fingerprint density at radius 1 is 1.50 bits per heavy atom. The van der Waals surface area contributed by atoms with Crippen molar-refractivity contribution in [1.82, 2.24) is 9.97 Å². The smallest absolute Gasteiger partial charge is 0.266 e. The molecule has 2 heterocycles. The number of nitrogens with zero attached hydrogens (tertiary/aromatic N) is 2. The minimum atomic E-state index is -0.564. The summed E-state index contributed by atoms with van der Waals surface area (Å²) in [4.78, 5) is 19.2. The second-order valence-corrected chi connectivity index (χ2v) is 3.35. The van der Waals surface area contributed by atoms with Crippen LogP contribution in [0.15, 0.2) is 0 Å². The van der Waals surface area contributed by atoms with Crippen LogP contribution in [0.2, 0.25) is 5.15 Å². The number of hydrogen-bond donors (Lipinski definition) is 1. The second kappa shape index (κ2) is 3.09. The third-order valence-electron chi connectivity index (χ3n) is 1.84. The number of carbonyl (C=O) groups is 1. The van der Waals surface area contributed by atoms with Gasteiger partial charge in [-0.1, -0.05) is 11.6 Å². The lowest BCUT2D eigenvalue weighted by atomic mass is 10.3. The lowest BCUT2D eigenvalue weighted by molar-refractivity contribution is -0.122. The van der Waals surface area contributed by atoms with Crippen molar-refractivity contribution in [3.8, 4) is 5.75 Å². The van der Waals surface area contributed by atoms with Crippen LogP contribution >= 0.6 is 11.6 Å². The predicted octanol–water partition coefficient (Wildman–Crippen LogP) is 1.16. The lowest BCUT2D eigenvalue weighted by Gasteiger charge is -2.22. The summed E-state index contributed by atoms with van der Waals surface area (Å²) < 4.78 is 5.26. The van der Waals surface area contributed by atoms with E-state index in [0.29, 0.717) is 17.4 Å². The van der Waals surface area contributed by atoms with Crippen LogP contribution in [0, 0.1) is 6.92 Å². The molecule has 0 saturated heterocycles. The molecule has 14 heavy (non-hydrogen) atoms. The number of halogens is 1. The van der Waals surface area contributed by atoms with Crippen LogP contribution in [0.1, 0.15) is 12.7 Å². The van der Waals surface area contributed by atoms with E-state index in [1.54, 1.807) is 13.8 Å². The van der Waals surface area contributed by atoms with Crippen molar-refractivity contribution in [3.05, 3.63) is 11.0 Å². The largest absolute Gasteiger partial charge is 0.474 e. The fraction of sp³-hybridized carbons (Fsp3) is 0.375. The van der Waals surface area contributed by atoms with Crippen molar-refractivity contribution < 1.29 is 9.53 Å². The minimum Gasteiger partial charge on any atom is -0.474 e. The molecule has 1 atom stereocenters. The fourth-order valence-corrected chi connectivity index (χ4v) is 1.42. The molecule has 0 spiro atoms. The van der Waals surface area contributed by atoms with E-state index in [1.165, 1.54) is 0 Å². The molecule has 0 aliphatic carbocycles. The summed E-state index contributed by atoms with van der Waals surface area (Å²) in [5.74, 6) is 0.939. The number of aromatic nitrogens is 2. The Morgan fingerprint density at radius 2 is 2.21 bits per heavy atom. The van der Waals surface area contributed by atoms with Gasteiger partial charge in [0.05, 0.1) is 0 Å². The summed E-state index contributed by atoms with van der Waals surface area (Å²) in [6.07, 6.45) is -0.564. The van der Waals surface area contributed by atoms with Gasteiger partial charge < -0.3 is 10.1 Å². The molecule has 0 fully saturated rings. The highest BCUT2D eigenvalue weighted by atomic mass is 35.5. The molecule has 2 rings (SSSR count). The average molecular weight is 214 g/mol. The van der Waals surface area contributed by atoms with E-state index in [1.807, 2.05) is 0 Å². The average Bonchev–Trinajstić information content (AvgIpc) is 2.08. The molecule has 0 unspecified atom stereocenters. The van der Waals surface area contributed by atoms with E-state index in [2.05, 4.69) is 15.3 Å². The summed E-state index contributed by atoms with van der Waals surface area (Å²) in [5.41, 5.74) is 0. The van der Waals surface area contributed by atoms with Crippen molar-refractivity contribution in [1.29, 1.82) is 0 Å². The van der Waals surface area contributed by atoms with E-state index in [-0.39, 0.29) is 11.1 Å². The van der Waals surface area contributed by atoms with Crippen LogP contribution in [-0.4, -0.2) is 22.0 Å². The highest BCUT2D eigenvalue weighted by molar-refractivity contribution is 6.31. The summed E-state index contributed by atoms with van der Waals surface area (Å²) in [7, 11) is 0. The van der Waals surface area contributed by atoms with Gasteiger partial charge in [0.2, 0.25) is 5.75 Å². The number of ether oxygens (including phenoxy) is 1. The van der Waals surface area contributed by atoms with Gasteiger partial charge in [0.1, 0.15) is 5.82 Å². The Balaban J connectivity index is 2.51. The third-order valence-corrected chi connectivity index (χ3v) is 2.10. The molecule has 1 N–H and O–H groups in total. The van der Waals surface area contributed by atoms with Gasteiger partial charge in [-0.15, -0.1) is 0 Å². The van der Waals surface area contributed by atoms with Crippen molar-refractivity contribution in [2.75, 3.05) is 5.32 Å². The zero-order valence-corrected chi connectivity index (χ0v) is 8.42. The Bertz CT molecular complexity index is 408. The molecule has 1 aliphatic rings. The van der Waals surface area contributed by atoms with Gasteiger partial charge >= 0.3 is 0 Å².